The lowest BCUT2D eigenvalue weighted by molar-refractivity contribution is 0.523. The highest BCUT2D eigenvalue weighted by Gasteiger charge is 2.08. The van der Waals surface area contributed by atoms with Crippen molar-refractivity contribution in [2.24, 2.45) is 0 Å². The molecule has 0 aliphatic heterocycles. The lowest BCUT2D eigenvalue weighted by atomic mass is 10.0. The molecular weight excluding hydrogens is 386 g/mol. The Kier molecular flexibility index (Phi) is 6.07. The minimum Gasteiger partial charge on any atom is -0.310 e. The number of thiophene rings is 1. The first-order chi connectivity index (χ1) is 9.19. The van der Waals surface area contributed by atoms with Crippen molar-refractivity contribution in [2.75, 3.05) is 6.54 Å². The van der Waals surface area contributed by atoms with Crippen molar-refractivity contribution in [1.82, 2.24) is 5.32 Å². The van der Waals surface area contributed by atoms with Crippen LogP contribution in [0.25, 0.3) is 0 Å². The van der Waals surface area contributed by atoms with E-state index in [0.29, 0.717) is 6.04 Å². The van der Waals surface area contributed by atoms with Gasteiger partial charge in [-0.1, -0.05) is 35.0 Å². The van der Waals surface area contributed by atoms with Gasteiger partial charge >= 0.3 is 0 Å². The van der Waals surface area contributed by atoms with Crippen LogP contribution in [-0.2, 0) is 6.42 Å². The van der Waals surface area contributed by atoms with E-state index >= 15 is 0 Å². The molecule has 0 amide bonds. The molecule has 0 aliphatic rings. The molecule has 1 aromatic heterocycles. The van der Waals surface area contributed by atoms with Crippen LogP contribution in [0.4, 0.5) is 0 Å². The van der Waals surface area contributed by atoms with Crippen LogP contribution in [0.15, 0.2) is 44.7 Å². The minimum atomic E-state index is 0.431. The summed E-state index contributed by atoms with van der Waals surface area (Å²) in [6, 6.07) is 13.3. The topological polar surface area (TPSA) is 12.0 Å². The first-order valence-electron chi connectivity index (χ1n) is 6.42. The second-order valence-electron chi connectivity index (χ2n) is 4.43. The smallest absolute Gasteiger partial charge is 0.0701 e. The van der Waals surface area contributed by atoms with Gasteiger partial charge in [-0.25, -0.2) is 0 Å². The maximum atomic E-state index is 3.64. The zero-order valence-corrected chi connectivity index (χ0v) is 14.8. The molecule has 19 heavy (non-hydrogen) atoms. The summed E-state index contributed by atoms with van der Waals surface area (Å²) in [7, 11) is 0. The molecule has 1 atom stereocenters. The molecule has 0 fully saturated rings. The summed E-state index contributed by atoms with van der Waals surface area (Å²) in [6.45, 7) is 3.23. The van der Waals surface area contributed by atoms with Crippen molar-refractivity contribution in [3.63, 3.8) is 0 Å². The SMILES string of the molecule is CCC(NCCc1ccc(Br)s1)c1cccc(Br)c1. The van der Waals surface area contributed by atoms with Gasteiger partial charge in [0.15, 0.2) is 0 Å². The normalized spacial score (nSPS) is 12.6. The molecule has 2 aromatic rings. The fourth-order valence-electron chi connectivity index (χ4n) is 2.08. The van der Waals surface area contributed by atoms with E-state index in [1.807, 2.05) is 11.3 Å². The fraction of sp³-hybridized carbons (Fsp3) is 0.333. The molecular formula is C15H17Br2NS. The third-order valence-corrected chi connectivity index (χ3v) is 5.23. The first kappa shape index (κ1) is 15.2. The summed E-state index contributed by atoms with van der Waals surface area (Å²) in [5.41, 5.74) is 1.35. The summed E-state index contributed by atoms with van der Waals surface area (Å²) in [4.78, 5) is 1.42. The van der Waals surface area contributed by atoms with Crippen LogP contribution in [0.3, 0.4) is 0 Å². The first-order valence-corrected chi connectivity index (χ1v) is 8.82. The van der Waals surface area contributed by atoms with E-state index in [1.165, 1.54) is 14.2 Å². The standard InChI is InChI=1S/C15H17Br2NS/c1-2-14(11-4-3-5-12(16)10-11)18-9-8-13-6-7-15(17)19-13/h3-7,10,14,18H,2,8-9H2,1H3. The van der Waals surface area contributed by atoms with Gasteiger partial charge in [-0.3, -0.25) is 0 Å². The van der Waals surface area contributed by atoms with Crippen LogP contribution in [-0.4, -0.2) is 6.54 Å². The van der Waals surface area contributed by atoms with Crippen molar-refractivity contribution in [2.45, 2.75) is 25.8 Å². The summed E-state index contributed by atoms with van der Waals surface area (Å²) in [6.07, 6.45) is 2.19. The van der Waals surface area contributed by atoms with Crippen LogP contribution in [0.2, 0.25) is 0 Å². The molecule has 1 N–H and O–H groups in total. The second-order valence-corrected chi connectivity index (χ2v) is 7.89. The van der Waals surface area contributed by atoms with Crippen LogP contribution >= 0.6 is 43.2 Å². The number of hydrogen-bond acceptors (Lipinski definition) is 2. The Morgan fingerprint density at radius 1 is 1.21 bits per heavy atom. The van der Waals surface area contributed by atoms with E-state index in [9.17, 15) is 0 Å². The summed E-state index contributed by atoms with van der Waals surface area (Å²) < 4.78 is 2.36. The average Bonchev–Trinajstić information content (AvgIpc) is 2.80. The molecule has 1 heterocycles. The highest BCUT2D eigenvalue weighted by Crippen LogP contribution is 2.23. The van der Waals surface area contributed by atoms with Gasteiger partial charge in [0.05, 0.1) is 3.79 Å². The van der Waals surface area contributed by atoms with Gasteiger partial charge in [0, 0.05) is 21.9 Å². The molecule has 0 bridgehead atoms. The zero-order chi connectivity index (χ0) is 13.7. The molecule has 0 spiro atoms. The predicted octanol–water partition coefficient (Wildman–Crippen LogP) is 5.56. The lowest BCUT2D eigenvalue weighted by Gasteiger charge is -2.17. The fourth-order valence-corrected chi connectivity index (χ4v) is 3.98. The predicted molar refractivity (Wildman–Crippen MR) is 90.9 cm³/mol. The Bertz CT molecular complexity index is 524. The van der Waals surface area contributed by atoms with E-state index in [1.54, 1.807) is 0 Å². The van der Waals surface area contributed by atoms with Crippen molar-refractivity contribution >= 4 is 43.2 Å². The third kappa shape index (κ3) is 4.71. The average molecular weight is 403 g/mol. The maximum absolute atomic E-state index is 3.64. The van der Waals surface area contributed by atoms with Gasteiger partial charge in [-0.05, 0) is 58.6 Å². The van der Waals surface area contributed by atoms with Crippen molar-refractivity contribution in [3.05, 3.63) is 55.1 Å². The third-order valence-electron chi connectivity index (χ3n) is 3.05. The molecule has 102 valence electrons. The quantitative estimate of drug-likeness (QED) is 0.667. The highest BCUT2D eigenvalue weighted by atomic mass is 79.9. The number of nitrogens with one attached hydrogen (secondary N) is 1. The Hall–Kier alpha value is -0.160. The van der Waals surface area contributed by atoms with E-state index in [-0.39, 0.29) is 0 Å². The monoisotopic (exact) mass is 401 g/mol. The maximum Gasteiger partial charge on any atom is 0.0701 e. The summed E-state index contributed by atoms with van der Waals surface area (Å²) in [5, 5.41) is 3.64. The molecule has 4 heteroatoms. The van der Waals surface area contributed by atoms with E-state index in [4.69, 9.17) is 0 Å². The minimum absolute atomic E-state index is 0.431. The van der Waals surface area contributed by atoms with Gasteiger partial charge in [0.25, 0.3) is 0 Å². The second kappa shape index (κ2) is 7.58. The molecule has 0 saturated carbocycles. The molecule has 2 rings (SSSR count). The van der Waals surface area contributed by atoms with Gasteiger partial charge in [0.2, 0.25) is 0 Å². The highest BCUT2D eigenvalue weighted by molar-refractivity contribution is 9.11. The Labute approximate surface area is 135 Å². The van der Waals surface area contributed by atoms with Crippen molar-refractivity contribution in [1.29, 1.82) is 0 Å². The molecule has 1 aromatic carbocycles. The van der Waals surface area contributed by atoms with Crippen LogP contribution in [0.5, 0.6) is 0 Å². The van der Waals surface area contributed by atoms with E-state index in [2.05, 4.69) is 80.5 Å². The van der Waals surface area contributed by atoms with Gasteiger partial charge in [0.1, 0.15) is 0 Å². The Morgan fingerprint density at radius 3 is 2.68 bits per heavy atom. The number of halogens is 2. The zero-order valence-electron chi connectivity index (χ0n) is 10.8. The molecule has 0 aliphatic carbocycles. The van der Waals surface area contributed by atoms with E-state index < -0.39 is 0 Å². The van der Waals surface area contributed by atoms with Gasteiger partial charge < -0.3 is 5.32 Å². The van der Waals surface area contributed by atoms with Gasteiger partial charge in [-0.2, -0.15) is 0 Å². The van der Waals surface area contributed by atoms with Crippen LogP contribution < -0.4 is 5.32 Å². The van der Waals surface area contributed by atoms with E-state index in [0.717, 1.165) is 23.9 Å². The summed E-state index contributed by atoms with van der Waals surface area (Å²) >= 11 is 8.85. The van der Waals surface area contributed by atoms with Crippen molar-refractivity contribution in [3.8, 4) is 0 Å². The lowest BCUT2D eigenvalue weighted by Crippen LogP contribution is -2.23. The molecule has 0 radical (unpaired) electrons. The number of hydrogen-bond donors (Lipinski definition) is 1. The number of rotatable bonds is 6. The molecule has 1 unspecified atom stereocenters. The van der Waals surface area contributed by atoms with Gasteiger partial charge in [-0.15, -0.1) is 11.3 Å². The van der Waals surface area contributed by atoms with Crippen LogP contribution in [0.1, 0.15) is 29.8 Å². The summed E-state index contributed by atoms with van der Waals surface area (Å²) in [5.74, 6) is 0. The van der Waals surface area contributed by atoms with Crippen LogP contribution in [0, 0.1) is 0 Å². The molecule has 0 saturated heterocycles. The Morgan fingerprint density at radius 2 is 2.05 bits per heavy atom. The van der Waals surface area contributed by atoms with Crippen molar-refractivity contribution < 1.29 is 0 Å². The Balaban J connectivity index is 1.89. The largest absolute Gasteiger partial charge is 0.310 e. The molecule has 1 nitrogen and oxygen atoms in total. The number of benzene rings is 1.